The van der Waals surface area contributed by atoms with E-state index in [1.165, 1.54) is 24.2 Å². The molecule has 1 aliphatic carbocycles. The van der Waals surface area contributed by atoms with Gasteiger partial charge >= 0.3 is 6.09 Å². The first kappa shape index (κ1) is 20.3. The number of fused-ring (bicyclic) bond motifs is 1. The molecule has 158 valence electrons. The molecule has 0 unspecified atom stereocenters. The number of aromatic nitrogens is 4. The summed E-state index contributed by atoms with van der Waals surface area (Å²) in [6.07, 6.45) is 5.28. The van der Waals surface area contributed by atoms with E-state index in [0.717, 1.165) is 35.1 Å². The van der Waals surface area contributed by atoms with Gasteiger partial charge in [0.25, 0.3) is 0 Å². The Balaban J connectivity index is 1.39. The fourth-order valence-corrected chi connectivity index (χ4v) is 4.51. The van der Waals surface area contributed by atoms with Crippen LogP contribution in [0.2, 0.25) is 0 Å². The van der Waals surface area contributed by atoms with E-state index >= 15 is 0 Å². The molecular weight excluding hydrogens is 380 g/mol. The summed E-state index contributed by atoms with van der Waals surface area (Å²) in [6, 6.07) is 13.7. The van der Waals surface area contributed by atoms with Gasteiger partial charge in [-0.05, 0) is 34.7 Å². The monoisotopic (exact) mass is 409 g/mol. The Morgan fingerprint density at radius 3 is 2.70 bits per heavy atom. The van der Waals surface area contributed by atoms with Crippen molar-refractivity contribution < 1.29 is 14.4 Å². The van der Waals surface area contributed by atoms with Gasteiger partial charge in [0.05, 0.1) is 26.3 Å². The average molecular weight is 410 g/mol. The number of amides is 1. The van der Waals surface area contributed by atoms with Crippen LogP contribution in [0.4, 0.5) is 10.5 Å². The third kappa shape index (κ3) is 4.00. The van der Waals surface area contributed by atoms with E-state index in [9.17, 15) is 4.79 Å². The number of hydrogen-bond donors (Lipinski definition) is 2. The van der Waals surface area contributed by atoms with Crippen LogP contribution in [0.3, 0.4) is 0 Å². The van der Waals surface area contributed by atoms with Gasteiger partial charge in [-0.15, -0.1) is 5.10 Å². The van der Waals surface area contributed by atoms with Crippen molar-refractivity contribution in [1.29, 1.82) is 0 Å². The van der Waals surface area contributed by atoms with Crippen molar-refractivity contribution in [3.8, 4) is 0 Å². The molecule has 1 saturated carbocycles. The second-order valence-electron chi connectivity index (χ2n) is 8.16. The minimum Gasteiger partial charge on any atom is -0.447 e. The summed E-state index contributed by atoms with van der Waals surface area (Å²) in [7, 11) is 4.33. The second kappa shape index (κ2) is 8.79. The van der Waals surface area contributed by atoms with Gasteiger partial charge in [-0.25, -0.2) is 9.48 Å². The molecule has 1 aromatic heterocycles. The fraction of sp³-hybridized carbons (Fsp3) is 0.455. The van der Waals surface area contributed by atoms with Crippen molar-refractivity contribution >= 4 is 22.6 Å². The van der Waals surface area contributed by atoms with E-state index in [-0.39, 0.29) is 12.1 Å². The molecule has 0 atom stereocenters. The molecule has 1 fully saturated rings. The third-order valence-corrected chi connectivity index (χ3v) is 6.19. The average Bonchev–Trinajstić information content (AvgIpc) is 3.23. The number of hydrogen-bond acceptors (Lipinski definition) is 5. The number of nitrogens with one attached hydrogen (secondary N) is 2. The van der Waals surface area contributed by atoms with Crippen LogP contribution < -0.4 is 10.2 Å². The first-order chi connectivity index (χ1) is 14.6. The maximum Gasteiger partial charge on any atom is 0.411 e. The lowest BCUT2D eigenvalue weighted by molar-refractivity contribution is -0.927. The van der Waals surface area contributed by atoms with Crippen molar-refractivity contribution in [3.63, 3.8) is 0 Å². The summed E-state index contributed by atoms with van der Waals surface area (Å²) in [6.45, 7) is 0.633. The molecule has 0 saturated heterocycles. The molecule has 4 rings (SSSR count). The molecule has 2 aromatic carbocycles. The third-order valence-electron chi connectivity index (χ3n) is 6.19. The van der Waals surface area contributed by atoms with E-state index < -0.39 is 6.09 Å². The van der Waals surface area contributed by atoms with Crippen LogP contribution in [-0.2, 0) is 16.8 Å². The van der Waals surface area contributed by atoms with Crippen LogP contribution >= 0.6 is 0 Å². The smallest absolute Gasteiger partial charge is 0.411 e. The Bertz CT molecular complexity index is 1000. The van der Waals surface area contributed by atoms with Crippen molar-refractivity contribution in [1.82, 2.24) is 20.2 Å². The number of quaternary nitrogens is 1. The van der Waals surface area contributed by atoms with E-state index in [2.05, 4.69) is 34.9 Å². The molecule has 1 heterocycles. The first-order valence-electron chi connectivity index (χ1n) is 10.6. The highest BCUT2D eigenvalue weighted by Gasteiger charge is 2.44. The summed E-state index contributed by atoms with van der Waals surface area (Å²) >= 11 is 0. The molecule has 3 aromatic rings. The van der Waals surface area contributed by atoms with Crippen LogP contribution in [0.1, 0.15) is 37.9 Å². The number of anilines is 1. The highest BCUT2D eigenvalue weighted by atomic mass is 16.5. The van der Waals surface area contributed by atoms with Gasteiger partial charge in [0.1, 0.15) is 6.61 Å². The molecule has 0 bridgehead atoms. The molecule has 0 spiro atoms. The lowest BCUT2D eigenvalue weighted by Gasteiger charge is -2.38. The summed E-state index contributed by atoms with van der Waals surface area (Å²) in [5, 5.41) is 17.3. The minimum atomic E-state index is -0.480. The zero-order chi connectivity index (χ0) is 21.0. The van der Waals surface area contributed by atoms with E-state index in [0.29, 0.717) is 6.54 Å². The molecule has 0 aliphatic heterocycles. The lowest BCUT2D eigenvalue weighted by atomic mass is 9.80. The van der Waals surface area contributed by atoms with Crippen molar-refractivity contribution in [3.05, 3.63) is 48.3 Å². The molecule has 30 heavy (non-hydrogen) atoms. The fourth-order valence-electron chi connectivity index (χ4n) is 4.51. The molecule has 8 heteroatoms. The Kier molecular flexibility index (Phi) is 5.94. The van der Waals surface area contributed by atoms with Gasteiger partial charge in [-0.1, -0.05) is 42.8 Å². The van der Waals surface area contributed by atoms with Crippen LogP contribution in [-0.4, -0.2) is 47.0 Å². The number of rotatable bonds is 6. The summed E-state index contributed by atoms with van der Waals surface area (Å²) in [5.74, 6) is 0.889. The van der Waals surface area contributed by atoms with Gasteiger partial charge in [-0.2, -0.15) is 0 Å². The number of benzene rings is 2. The number of nitrogens with zero attached hydrogens (tertiary/aromatic N) is 4. The molecule has 2 N–H and O–H groups in total. The number of tetrazole rings is 1. The maximum atomic E-state index is 12.3. The summed E-state index contributed by atoms with van der Waals surface area (Å²) in [4.78, 5) is 13.7. The Morgan fingerprint density at radius 1 is 1.13 bits per heavy atom. The SMILES string of the molecule is C[NH+](C)C1(c2nnnn2CCOC(=O)Nc2cccc3ccccc23)CCCCC1. The Labute approximate surface area is 176 Å². The summed E-state index contributed by atoms with van der Waals surface area (Å²) in [5.41, 5.74) is 0.658. The standard InChI is InChI=1S/C22H28N6O2/c1-27(2)22(13-6-3-7-14-22)20-24-25-26-28(20)15-16-30-21(29)23-19-12-8-10-17-9-4-5-11-18(17)19/h4-5,8-12H,3,6-7,13-16H2,1-2H3,(H,23,29)/p+1. The van der Waals surface area contributed by atoms with Crippen molar-refractivity contribution in [2.24, 2.45) is 0 Å². The van der Waals surface area contributed by atoms with Crippen molar-refractivity contribution in [2.45, 2.75) is 44.2 Å². The minimum absolute atomic E-state index is 0.0764. The number of carbonyl (C=O) groups is 1. The van der Waals surface area contributed by atoms with Gasteiger partial charge in [0.2, 0.25) is 5.82 Å². The van der Waals surface area contributed by atoms with E-state index in [4.69, 9.17) is 4.74 Å². The molecule has 8 nitrogen and oxygen atoms in total. The molecule has 1 aliphatic rings. The highest BCUT2D eigenvalue weighted by molar-refractivity contribution is 6.00. The first-order valence-corrected chi connectivity index (χ1v) is 10.6. The van der Waals surface area contributed by atoms with Gasteiger partial charge in [0.15, 0.2) is 5.54 Å². The van der Waals surface area contributed by atoms with Crippen LogP contribution in [0.5, 0.6) is 0 Å². The quantitative estimate of drug-likeness (QED) is 0.653. The zero-order valence-electron chi connectivity index (χ0n) is 17.6. The maximum absolute atomic E-state index is 12.3. The summed E-state index contributed by atoms with van der Waals surface area (Å²) < 4.78 is 7.23. The predicted molar refractivity (Wildman–Crippen MR) is 114 cm³/mol. The second-order valence-corrected chi connectivity index (χ2v) is 8.16. The number of ether oxygens (including phenoxy) is 1. The predicted octanol–water partition coefficient (Wildman–Crippen LogP) is 2.38. The number of carbonyl (C=O) groups excluding carboxylic acids is 1. The van der Waals surface area contributed by atoms with Crippen LogP contribution in [0.25, 0.3) is 10.8 Å². The van der Waals surface area contributed by atoms with E-state index in [1.54, 1.807) is 4.68 Å². The van der Waals surface area contributed by atoms with E-state index in [1.807, 2.05) is 42.5 Å². The van der Waals surface area contributed by atoms with Crippen LogP contribution in [0, 0.1) is 0 Å². The Hall–Kier alpha value is -3.00. The largest absolute Gasteiger partial charge is 0.447 e. The molecular formula is C22H29N6O2+. The molecule has 1 amide bonds. The van der Waals surface area contributed by atoms with Crippen molar-refractivity contribution in [2.75, 3.05) is 26.0 Å². The lowest BCUT2D eigenvalue weighted by Crippen LogP contribution is -3.14. The highest BCUT2D eigenvalue weighted by Crippen LogP contribution is 2.32. The van der Waals surface area contributed by atoms with Crippen LogP contribution in [0.15, 0.2) is 42.5 Å². The normalized spacial score (nSPS) is 16.0. The zero-order valence-corrected chi connectivity index (χ0v) is 17.6. The van der Waals surface area contributed by atoms with Gasteiger partial charge in [0, 0.05) is 18.2 Å². The van der Waals surface area contributed by atoms with Gasteiger partial charge in [-0.3, -0.25) is 5.32 Å². The van der Waals surface area contributed by atoms with Gasteiger partial charge < -0.3 is 9.64 Å². The molecule has 0 radical (unpaired) electrons. The topological polar surface area (TPSA) is 86.4 Å². The Morgan fingerprint density at radius 2 is 1.90 bits per heavy atom.